The summed E-state index contributed by atoms with van der Waals surface area (Å²) >= 11 is 0. The maximum absolute atomic E-state index is 12.3. The molecule has 1 aliphatic heterocycles. The Kier molecular flexibility index (Phi) is 4.10. The van der Waals surface area contributed by atoms with Crippen LogP contribution in [0.25, 0.3) is 0 Å². The molecule has 0 radical (unpaired) electrons. The van der Waals surface area contributed by atoms with Crippen molar-refractivity contribution in [2.45, 2.75) is 25.4 Å². The first kappa shape index (κ1) is 15.2. The Morgan fingerprint density at radius 3 is 2.70 bits per heavy atom. The van der Waals surface area contributed by atoms with E-state index in [0.717, 1.165) is 18.7 Å². The summed E-state index contributed by atoms with van der Waals surface area (Å²) in [6.07, 6.45) is 1.45. The zero-order chi connectivity index (χ0) is 16.4. The molecule has 1 atom stereocenters. The fourth-order valence-electron chi connectivity index (χ4n) is 2.79. The van der Waals surface area contributed by atoms with E-state index in [0.29, 0.717) is 11.4 Å². The maximum atomic E-state index is 12.3. The van der Waals surface area contributed by atoms with Crippen LogP contribution in [0.2, 0.25) is 0 Å². The molecule has 7 nitrogen and oxygen atoms in total. The second-order valence-electron chi connectivity index (χ2n) is 5.74. The predicted molar refractivity (Wildman–Crippen MR) is 83.7 cm³/mol. The summed E-state index contributed by atoms with van der Waals surface area (Å²) in [4.78, 5) is 26.0. The van der Waals surface area contributed by atoms with Crippen LogP contribution in [0.15, 0.2) is 30.3 Å². The van der Waals surface area contributed by atoms with Gasteiger partial charge in [-0.1, -0.05) is 18.2 Å². The van der Waals surface area contributed by atoms with Gasteiger partial charge in [-0.3, -0.25) is 9.59 Å². The third-order valence-electron chi connectivity index (χ3n) is 3.96. The highest BCUT2D eigenvalue weighted by molar-refractivity contribution is 5.94. The Balaban J connectivity index is 1.73. The number of aryl methyl sites for hydroxylation is 1. The van der Waals surface area contributed by atoms with E-state index < -0.39 is 0 Å². The number of hydrogen-bond donors (Lipinski definition) is 1. The van der Waals surface area contributed by atoms with Gasteiger partial charge in [0.1, 0.15) is 11.9 Å². The van der Waals surface area contributed by atoms with Crippen LogP contribution in [0.4, 0.5) is 0 Å². The topological polar surface area (TPSA) is 80.1 Å². The van der Waals surface area contributed by atoms with E-state index in [4.69, 9.17) is 0 Å². The number of aromatic nitrogens is 3. The van der Waals surface area contributed by atoms with Crippen molar-refractivity contribution >= 4 is 11.8 Å². The van der Waals surface area contributed by atoms with Crippen LogP contribution in [0, 0.1) is 0 Å². The van der Waals surface area contributed by atoms with Crippen LogP contribution in [-0.2, 0) is 17.8 Å². The number of nitrogens with zero attached hydrogens (tertiary/aromatic N) is 4. The number of amides is 2. The number of nitrogens with one attached hydrogen (secondary N) is 1. The monoisotopic (exact) mass is 313 g/mol. The molecular weight excluding hydrogens is 294 g/mol. The molecule has 23 heavy (non-hydrogen) atoms. The Labute approximate surface area is 134 Å². The van der Waals surface area contributed by atoms with Gasteiger partial charge < -0.3 is 14.8 Å². The van der Waals surface area contributed by atoms with Gasteiger partial charge in [-0.25, -0.2) is 0 Å². The molecule has 3 rings (SSSR count). The number of carbonyl (C=O) groups is 2. The van der Waals surface area contributed by atoms with E-state index in [9.17, 15) is 9.59 Å². The van der Waals surface area contributed by atoms with E-state index in [1.165, 1.54) is 0 Å². The molecule has 120 valence electrons. The summed E-state index contributed by atoms with van der Waals surface area (Å²) < 4.78 is 1.85. The molecular formula is C16H19N5O2. The van der Waals surface area contributed by atoms with Gasteiger partial charge in [0.25, 0.3) is 5.91 Å². The molecule has 0 spiro atoms. The fraction of sp³-hybridized carbons (Fsp3) is 0.375. The van der Waals surface area contributed by atoms with Gasteiger partial charge in [0, 0.05) is 26.1 Å². The first-order valence-electron chi connectivity index (χ1n) is 7.55. The molecule has 1 N–H and O–H groups in total. The smallest absolute Gasteiger partial charge is 0.251 e. The number of rotatable bonds is 4. The molecule has 7 heteroatoms. The third kappa shape index (κ3) is 2.94. The highest BCUT2D eigenvalue weighted by atomic mass is 16.2. The molecule has 1 aromatic carbocycles. The Morgan fingerprint density at radius 1 is 1.26 bits per heavy atom. The fourth-order valence-corrected chi connectivity index (χ4v) is 2.79. The molecule has 0 bridgehead atoms. The molecule has 0 fully saturated rings. The van der Waals surface area contributed by atoms with Gasteiger partial charge in [0.2, 0.25) is 5.91 Å². The van der Waals surface area contributed by atoms with Crippen molar-refractivity contribution in [1.29, 1.82) is 0 Å². The van der Waals surface area contributed by atoms with Crippen molar-refractivity contribution in [2.24, 2.45) is 0 Å². The first-order valence-corrected chi connectivity index (χ1v) is 7.55. The SMILES string of the molecule is CN(C)C(=O)C1CCc2nnc(CNC(=O)c3ccccc3)n21. The summed E-state index contributed by atoms with van der Waals surface area (Å²) in [6.45, 7) is 0.248. The molecule has 0 saturated heterocycles. The van der Waals surface area contributed by atoms with Crippen molar-refractivity contribution in [3.8, 4) is 0 Å². The van der Waals surface area contributed by atoms with E-state index in [1.54, 1.807) is 31.1 Å². The molecule has 1 unspecified atom stereocenters. The lowest BCUT2D eigenvalue weighted by molar-refractivity contribution is -0.132. The summed E-state index contributed by atoms with van der Waals surface area (Å²) in [5.41, 5.74) is 0.592. The van der Waals surface area contributed by atoms with E-state index >= 15 is 0 Å². The zero-order valence-electron chi connectivity index (χ0n) is 13.2. The molecule has 0 saturated carbocycles. The lowest BCUT2D eigenvalue weighted by Crippen LogP contribution is -2.32. The predicted octanol–water partition coefficient (Wildman–Crippen LogP) is 0.784. The minimum atomic E-state index is -0.279. The number of hydrogen-bond acceptors (Lipinski definition) is 4. The number of carbonyl (C=O) groups excluding carboxylic acids is 2. The maximum Gasteiger partial charge on any atom is 0.251 e. The molecule has 2 amide bonds. The minimum absolute atomic E-state index is 0.0270. The average molecular weight is 313 g/mol. The molecule has 2 aromatic rings. The van der Waals surface area contributed by atoms with Gasteiger partial charge in [-0.05, 0) is 18.6 Å². The largest absolute Gasteiger partial charge is 0.347 e. The van der Waals surface area contributed by atoms with Gasteiger partial charge in [-0.15, -0.1) is 10.2 Å². The Morgan fingerprint density at radius 2 is 2.00 bits per heavy atom. The summed E-state index contributed by atoms with van der Waals surface area (Å²) in [7, 11) is 3.48. The first-order chi connectivity index (χ1) is 11.1. The zero-order valence-corrected chi connectivity index (χ0v) is 13.2. The quantitative estimate of drug-likeness (QED) is 0.905. The van der Waals surface area contributed by atoms with Crippen LogP contribution in [-0.4, -0.2) is 45.6 Å². The lowest BCUT2D eigenvalue weighted by atomic mass is 10.2. The van der Waals surface area contributed by atoms with Crippen molar-refractivity contribution in [1.82, 2.24) is 25.0 Å². The standard InChI is InChI=1S/C16H19N5O2/c1-20(2)16(23)12-8-9-13-18-19-14(21(12)13)10-17-15(22)11-6-4-3-5-7-11/h3-7,12H,8-10H2,1-2H3,(H,17,22). The summed E-state index contributed by atoms with van der Waals surface area (Å²) in [6, 6.07) is 8.72. The molecule has 0 aliphatic carbocycles. The number of likely N-dealkylation sites (N-methyl/N-ethyl adjacent to an activating group) is 1. The minimum Gasteiger partial charge on any atom is -0.347 e. The van der Waals surface area contributed by atoms with Crippen LogP contribution in [0.3, 0.4) is 0 Å². The van der Waals surface area contributed by atoms with Gasteiger partial charge in [0.05, 0.1) is 6.54 Å². The Hall–Kier alpha value is -2.70. The van der Waals surface area contributed by atoms with Crippen LogP contribution in [0.1, 0.15) is 34.5 Å². The summed E-state index contributed by atoms with van der Waals surface area (Å²) in [5, 5.41) is 11.1. The van der Waals surface area contributed by atoms with Gasteiger partial charge in [-0.2, -0.15) is 0 Å². The van der Waals surface area contributed by atoms with E-state index in [-0.39, 0.29) is 24.4 Å². The van der Waals surface area contributed by atoms with Crippen molar-refractivity contribution < 1.29 is 9.59 Å². The molecule has 1 aromatic heterocycles. The molecule has 1 aliphatic rings. The highest BCUT2D eigenvalue weighted by Crippen LogP contribution is 2.27. The van der Waals surface area contributed by atoms with Crippen molar-refractivity contribution in [2.75, 3.05) is 14.1 Å². The lowest BCUT2D eigenvalue weighted by Gasteiger charge is -2.19. The van der Waals surface area contributed by atoms with Gasteiger partial charge >= 0.3 is 0 Å². The van der Waals surface area contributed by atoms with Crippen LogP contribution >= 0.6 is 0 Å². The number of fused-ring (bicyclic) bond motifs is 1. The van der Waals surface area contributed by atoms with E-state index in [1.807, 2.05) is 22.8 Å². The Bertz CT molecular complexity index is 723. The molecule has 2 heterocycles. The van der Waals surface area contributed by atoms with Crippen molar-refractivity contribution in [3.05, 3.63) is 47.5 Å². The van der Waals surface area contributed by atoms with Gasteiger partial charge in [0.15, 0.2) is 5.82 Å². The third-order valence-corrected chi connectivity index (χ3v) is 3.96. The second-order valence-corrected chi connectivity index (χ2v) is 5.74. The van der Waals surface area contributed by atoms with Crippen LogP contribution in [0.5, 0.6) is 0 Å². The summed E-state index contributed by atoms with van der Waals surface area (Å²) in [5.74, 6) is 1.27. The van der Waals surface area contributed by atoms with Crippen LogP contribution < -0.4 is 5.32 Å². The van der Waals surface area contributed by atoms with Crippen molar-refractivity contribution in [3.63, 3.8) is 0 Å². The highest BCUT2D eigenvalue weighted by Gasteiger charge is 2.33. The van der Waals surface area contributed by atoms with E-state index in [2.05, 4.69) is 15.5 Å². The second kappa shape index (κ2) is 6.20. The number of benzene rings is 1. The average Bonchev–Trinajstić information content (AvgIpc) is 3.14. The normalized spacial score (nSPS) is 16.0.